The first-order valence-electron chi connectivity index (χ1n) is 8.08. The molecule has 6 nitrogen and oxygen atoms in total. The lowest BCUT2D eigenvalue weighted by atomic mass is 9.51. The van der Waals surface area contributed by atoms with Crippen molar-refractivity contribution in [1.82, 2.24) is 15.0 Å². The number of hydrogen-bond acceptors (Lipinski definition) is 5. The molecule has 1 saturated carbocycles. The fourth-order valence-electron chi connectivity index (χ4n) is 4.49. The minimum Gasteiger partial charge on any atom is -0.355 e. The van der Waals surface area contributed by atoms with Gasteiger partial charge in [0.2, 0.25) is 0 Å². The van der Waals surface area contributed by atoms with Crippen LogP contribution in [0.15, 0.2) is 18.6 Å². The van der Waals surface area contributed by atoms with Gasteiger partial charge in [-0.2, -0.15) is 5.26 Å². The zero-order chi connectivity index (χ0) is 16.0. The van der Waals surface area contributed by atoms with Crippen molar-refractivity contribution in [2.75, 3.05) is 18.0 Å². The summed E-state index contributed by atoms with van der Waals surface area (Å²) in [5.41, 5.74) is 0.858. The number of carbonyl (C=O) groups is 1. The van der Waals surface area contributed by atoms with E-state index in [1.54, 1.807) is 6.33 Å². The maximum absolute atomic E-state index is 12.3. The van der Waals surface area contributed by atoms with Crippen LogP contribution >= 0.6 is 0 Å². The number of Topliss-reactive ketones (excluding diaryl/α,β-unsaturated/α-hetero) is 1. The molecule has 3 atom stereocenters. The van der Waals surface area contributed by atoms with E-state index in [0.29, 0.717) is 5.92 Å². The highest BCUT2D eigenvalue weighted by atomic mass is 16.1. The second-order valence-corrected chi connectivity index (χ2v) is 6.83. The molecule has 118 valence electrons. The monoisotopic (exact) mass is 309 g/mol. The maximum atomic E-state index is 12.3. The van der Waals surface area contributed by atoms with E-state index >= 15 is 0 Å². The molecule has 0 radical (unpaired) electrons. The quantitative estimate of drug-likeness (QED) is 0.940. The lowest BCUT2D eigenvalue weighted by Gasteiger charge is -2.52. The van der Waals surface area contributed by atoms with Gasteiger partial charge in [-0.3, -0.25) is 4.79 Å². The lowest BCUT2D eigenvalue weighted by Crippen LogP contribution is -2.53. The van der Waals surface area contributed by atoms with Crippen LogP contribution in [0.5, 0.6) is 0 Å². The van der Waals surface area contributed by atoms with E-state index in [-0.39, 0.29) is 23.5 Å². The predicted octanol–water partition coefficient (Wildman–Crippen LogP) is 2.29. The Morgan fingerprint density at radius 3 is 3.22 bits per heavy atom. The summed E-state index contributed by atoms with van der Waals surface area (Å²) in [6.07, 6.45) is 5.40. The van der Waals surface area contributed by atoms with Crippen molar-refractivity contribution in [3.05, 3.63) is 18.6 Å². The van der Waals surface area contributed by atoms with Gasteiger partial charge in [-0.25, -0.2) is 9.97 Å². The summed E-state index contributed by atoms with van der Waals surface area (Å²) < 4.78 is 0. The number of hydrogen-bond donors (Lipinski definition) is 1. The Hall–Kier alpha value is -2.42. The van der Waals surface area contributed by atoms with Gasteiger partial charge in [-0.1, -0.05) is 6.92 Å². The SMILES string of the molecule is C[C@H]1CC(C(=O)CC#N)[C@]12CCN(c1ncnc3[nH]ccc13)C2. The Morgan fingerprint density at radius 2 is 2.43 bits per heavy atom. The van der Waals surface area contributed by atoms with Gasteiger partial charge in [0, 0.05) is 30.6 Å². The maximum Gasteiger partial charge on any atom is 0.150 e. The molecule has 6 heteroatoms. The minimum absolute atomic E-state index is 0.0154. The van der Waals surface area contributed by atoms with Crippen LogP contribution in [0.2, 0.25) is 0 Å². The number of carbonyl (C=O) groups excluding carboxylic acids is 1. The second-order valence-electron chi connectivity index (χ2n) is 6.83. The lowest BCUT2D eigenvalue weighted by molar-refractivity contribution is -0.137. The molecule has 23 heavy (non-hydrogen) atoms. The number of rotatable bonds is 3. The largest absolute Gasteiger partial charge is 0.355 e. The van der Waals surface area contributed by atoms with Crippen molar-refractivity contribution in [3.63, 3.8) is 0 Å². The molecule has 1 aliphatic carbocycles. The zero-order valence-electron chi connectivity index (χ0n) is 13.1. The molecule has 0 amide bonds. The Bertz CT molecular complexity index is 807. The summed E-state index contributed by atoms with van der Waals surface area (Å²) in [5, 5.41) is 9.85. The highest BCUT2D eigenvalue weighted by Crippen LogP contribution is 2.58. The van der Waals surface area contributed by atoms with Crippen molar-refractivity contribution in [2.45, 2.75) is 26.2 Å². The van der Waals surface area contributed by atoms with E-state index in [4.69, 9.17) is 5.26 Å². The summed E-state index contributed by atoms with van der Waals surface area (Å²) in [7, 11) is 0. The molecule has 0 aromatic carbocycles. The minimum atomic E-state index is 0.0154. The van der Waals surface area contributed by atoms with Crippen LogP contribution < -0.4 is 4.90 Å². The summed E-state index contributed by atoms with van der Waals surface area (Å²) in [6.45, 7) is 3.97. The number of nitrogens with zero attached hydrogens (tertiary/aromatic N) is 4. The normalized spacial score (nSPS) is 29.7. The van der Waals surface area contributed by atoms with Crippen molar-refractivity contribution in [1.29, 1.82) is 5.26 Å². The smallest absolute Gasteiger partial charge is 0.150 e. The Balaban J connectivity index is 1.62. The van der Waals surface area contributed by atoms with Crippen LogP contribution in [-0.4, -0.2) is 33.8 Å². The molecule has 1 spiro atoms. The Morgan fingerprint density at radius 1 is 1.57 bits per heavy atom. The molecule has 2 aliphatic rings. The van der Waals surface area contributed by atoms with Crippen LogP contribution in [0.25, 0.3) is 11.0 Å². The van der Waals surface area contributed by atoms with E-state index in [9.17, 15) is 4.79 Å². The Kier molecular flexibility index (Phi) is 3.12. The molecular weight excluding hydrogens is 290 g/mol. The number of nitrogens with one attached hydrogen (secondary N) is 1. The number of ketones is 1. The summed E-state index contributed by atoms with van der Waals surface area (Å²) in [5.74, 6) is 1.61. The van der Waals surface area contributed by atoms with Crippen molar-refractivity contribution in [2.24, 2.45) is 17.3 Å². The van der Waals surface area contributed by atoms with Crippen LogP contribution in [0.3, 0.4) is 0 Å². The highest BCUT2D eigenvalue weighted by Gasteiger charge is 2.58. The summed E-state index contributed by atoms with van der Waals surface area (Å²) in [6, 6.07) is 4.01. The van der Waals surface area contributed by atoms with Gasteiger partial charge in [0.05, 0.1) is 17.9 Å². The van der Waals surface area contributed by atoms with Gasteiger partial charge in [0.25, 0.3) is 0 Å². The number of nitriles is 1. The molecule has 2 fully saturated rings. The van der Waals surface area contributed by atoms with Gasteiger partial charge in [-0.15, -0.1) is 0 Å². The van der Waals surface area contributed by atoms with Crippen LogP contribution in [0.4, 0.5) is 5.82 Å². The summed E-state index contributed by atoms with van der Waals surface area (Å²) in [4.78, 5) is 26.4. The third kappa shape index (κ3) is 1.96. The van der Waals surface area contributed by atoms with Gasteiger partial charge in [-0.05, 0) is 24.8 Å². The highest BCUT2D eigenvalue weighted by molar-refractivity contribution is 5.88. The molecule has 2 aromatic rings. The van der Waals surface area contributed by atoms with E-state index in [1.165, 1.54) is 0 Å². The second kappa shape index (κ2) is 5.05. The molecule has 1 unspecified atom stereocenters. The van der Waals surface area contributed by atoms with E-state index < -0.39 is 0 Å². The van der Waals surface area contributed by atoms with Crippen molar-refractivity contribution in [3.8, 4) is 6.07 Å². The van der Waals surface area contributed by atoms with Crippen molar-refractivity contribution < 1.29 is 4.79 Å². The molecule has 1 N–H and O–H groups in total. The molecule has 4 rings (SSSR count). The van der Waals surface area contributed by atoms with Gasteiger partial charge >= 0.3 is 0 Å². The fraction of sp³-hybridized carbons (Fsp3) is 0.529. The first-order valence-corrected chi connectivity index (χ1v) is 8.08. The van der Waals surface area contributed by atoms with Crippen molar-refractivity contribution >= 4 is 22.6 Å². The van der Waals surface area contributed by atoms with Gasteiger partial charge < -0.3 is 9.88 Å². The molecule has 1 saturated heterocycles. The summed E-state index contributed by atoms with van der Waals surface area (Å²) >= 11 is 0. The average Bonchev–Trinajstić information content (AvgIpc) is 3.20. The van der Waals surface area contributed by atoms with Crippen LogP contribution in [0.1, 0.15) is 26.2 Å². The van der Waals surface area contributed by atoms with E-state index in [1.807, 2.05) is 18.3 Å². The average molecular weight is 309 g/mol. The fourth-order valence-corrected chi connectivity index (χ4v) is 4.49. The zero-order valence-corrected chi connectivity index (χ0v) is 13.1. The first kappa shape index (κ1) is 14.2. The third-order valence-corrected chi connectivity index (χ3v) is 5.87. The molecular formula is C17H19N5O. The molecule has 1 aliphatic heterocycles. The van der Waals surface area contributed by atoms with E-state index in [0.717, 1.165) is 42.8 Å². The number of aromatic nitrogens is 3. The standard InChI is InChI=1S/C17H19N5O/c1-11-8-13(14(23)2-5-18)17(11)4-7-22(9-17)16-12-3-6-19-15(12)20-10-21-16/h3,6,10-11,13H,2,4,7-9H2,1H3,(H,19,20,21)/t11-,13?,17-/m0/s1. The van der Waals surface area contributed by atoms with Gasteiger partial charge in [0.15, 0.2) is 5.78 Å². The van der Waals surface area contributed by atoms with Crippen LogP contribution in [-0.2, 0) is 4.79 Å². The Labute approximate surface area is 134 Å². The van der Waals surface area contributed by atoms with Gasteiger partial charge in [0.1, 0.15) is 17.8 Å². The number of fused-ring (bicyclic) bond motifs is 1. The topological polar surface area (TPSA) is 85.7 Å². The molecule has 0 bridgehead atoms. The molecule has 3 heterocycles. The number of aromatic amines is 1. The third-order valence-electron chi connectivity index (χ3n) is 5.87. The van der Waals surface area contributed by atoms with Crippen LogP contribution in [0, 0.1) is 28.6 Å². The van der Waals surface area contributed by atoms with E-state index in [2.05, 4.69) is 26.8 Å². The molecule has 2 aromatic heterocycles. The number of anilines is 1. The first-order chi connectivity index (χ1) is 11.2. The number of H-pyrrole nitrogens is 1. The predicted molar refractivity (Wildman–Crippen MR) is 85.7 cm³/mol.